The topological polar surface area (TPSA) is 70.2 Å². The van der Waals surface area contributed by atoms with Crippen LogP contribution in [0.2, 0.25) is 0 Å². The minimum atomic E-state index is -0.489. The number of hydrogen-bond acceptors (Lipinski definition) is 4. The highest BCUT2D eigenvalue weighted by Gasteiger charge is 2.06. The molecule has 0 saturated heterocycles. The number of aromatic nitrogens is 4. The zero-order valence-corrected chi connectivity index (χ0v) is 24.9. The summed E-state index contributed by atoms with van der Waals surface area (Å²) in [6.45, 7) is 19.2. The quantitative estimate of drug-likeness (QED) is 0.0989. The highest BCUT2D eigenvalue weighted by atomic mass is 79.9. The van der Waals surface area contributed by atoms with E-state index in [0.717, 1.165) is 13.1 Å². The second kappa shape index (κ2) is 17.9. The second-order valence-corrected chi connectivity index (χ2v) is 8.08. The van der Waals surface area contributed by atoms with Gasteiger partial charge in [-0.1, -0.05) is 50.6 Å². The number of esters is 2. The summed E-state index contributed by atoms with van der Waals surface area (Å²) in [5, 5.41) is 0. The van der Waals surface area contributed by atoms with Crippen LogP contribution in [0.25, 0.3) is 12.4 Å². The molecule has 1 aromatic carbocycles. The van der Waals surface area contributed by atoms with Gasteiger partial charge in [0, 0.05) is 11.1 Å². The molecule has 0 saturated carbocycles. The Morgan fingerprint density at radius 3 is 1.37 bits per heavy atom. The molecule has 0 spiro atoms. The zero-order chi connectivity index (χ0) is 26.5. The summed E-state index contributed by atoms with van der Waals surface area (Å²) in [5.41, 5.74) is 3.20. The normalized spacial score (nSPS) is 9.42. The van der Waals surface area contributed by atoms with Crippen LogP contribution in [0.1, 0.15) is 25.0 Å². The predicted molar refractivity (Wildman–Crippen MR) is 138 cm³/mol. The number of hydrogen-bond donors (Lipinski definition) is 0. The Labute approximate surface area is 245 Å². The molecule has 8 nitrogen and oxygen atoms in total. The first kappa shape index (κ1) is 34.5. The van der Waals surface area contributed by atoms with Crippen molar-refractivity contribution in [3.63, 3.8) is 0 Å². The summed E-state index contributed by atoms with van der Waals surface area (Å²) in [6.07, 6.45) is 15.7. The van der Waals surface area contributed by atoms with Crippen LogP contribution in [0.15, 0.2) is 99.2 Å². The van der Waals surface area contributed by atoms with Gasteiger partial charge in [0.15, 0.2) is 0 Å². The molecule has 10 heteroatoms. The molecule has 0 atom stereocenters. The standard InChI is InChI=1S/C18H20N4.C10H14O4.2BrH/c1-3-19-9-11-21(15-19)13-17-5-7-18(8-6-17)14-22-12-10-20(4-2)16-22;1-7(2)9(11)13-5-6-14-10(12)8(3)4;;/h3-12,15-16H,1-2,13-14H2;1,3,5-6H2,2,4H3;2*1H/q+2;;;/p-2. The Hall–Kier alpha value is -3.50. The van der Waals surface area contributed by atoms with Crippen LogP contribution >= 0.6 is 0 Å². The van der Waals surface area contributed by atoms with Crippen LogP contribution in [-0.2, 0) is 32.2 Å². The van der Waals surface area contributed by atoms with E-state index in [2.05, 4.69) is 69.2 Å². The van der Waals surface area contributed by atoms with Gasteiger partial charge in [0.05, 0.1) is 12.4 Å². The van der Waals surface area contributed by atoms with E-state index in [1.807, 2.05) is 46.6 Å². The van der Waals surface area contributed by atoms with Crippen LogP contribution < -0.4 is 43.1 Å². The van der Waals surface area contributed by atoms with E-state index in [1.165, 1.54) is 11.1 Å². The summed E-state index contributed by atoms with van der Waals surface area (Å²) in [7, 11) is 0. The third kappa shape index (κ3) is 12.2. The van der Waals surface area contributed by atoms with E-state index in [0.29, 0.717) is 11.1 Å². The number of nitrogens with zero attached hydrogens (tertiary/aromatic N) is 4. The molecule has 3 aromatic rings. The van der Waals surface area contributed by atoms with Crippen LogP contribution in [0.5, 0.6) is 0 Å². The third-order valence-electron chi connectivity index (χ3n) is 4.85. The number of halogens is 2. The van der Waals surface area contributed by atoms with Gasteiger partial charge in [-0.3, -0.25) is 0 Å². The fraction of sp³-hybridized carbons (Fsp3) is 0.214. The lowest BCUT2D eigenvalue weighted by Crippen LogP contribution is -3.00. The van der Waals surface area contributed by atoms with Crippen molar-refractivity contribution < 1.29 is 62.2 Å². The van der Waals surface area contributed by atoms with Gasteiger partial charge in [-0.25, -0.2) is 27.9 Å². The molecule has 0 unspecified atom stereocenters. The maximum Gasteiger partial charge on any atom is 0.333 e. The molecule has 2 heterocycles. The van der Waals surface area contributed by atoms with Crippen LogP contribution in [0.4, 0.5) is 0 Å². The predicted octanol–water partition coefficient (Wildman–Crippen LogP) is -2.60. The molecule has 3 rings (SSSR count). The van der Waals surface area contributed by atoms with Crippen molar-refractivity contribution in [1.29, 1.82) is 0 Å². The van der Waals surface area contributed by atoms with Gasteiger partial charge in [-0.15, -0.1) is 0 Å². The molecule has 0 bridgehead atoms. The van der Waals surface area contributed by atoms with Gasteiger partial charge >= 0.3 is 11.9 Å². The van der Waals surface area contributed by atoms with Crippen LogP contribution in [0.3, 0.4) is 0 Å². The van der Waals surface area contributed by atoms with E-state index in [4.69, 9.17) is 0 Å². The molecule has 0 radical (unpaired) electrons. The first-order valence-corrected chi connectivity index (χ1v) is 11.3. The fourth-order valence-electron chi connectivity index (χ4n) is 2.91. The Morgan fingerprint density at radius 2 is 1.11 bits per heavy atom. The minimum Gasteiger partial charge on any atom is -1.00 e. The highest BCUT2D eigenvalue weighted by molar-refractivity contribution is 5.87. The largest absolute Gasteiger partial charge is 1.00 e. The smallest absolute Gasteiger partial charge is 0.333 e. The SMILES string of the molecule is C=C(C)C(=O)OCCOC(=O)C(=C)C.C=Cn1cc[n+](Cc2ccc(C[n+]3ccn(C=C)c3)cc2)c1.[Br-].[Br-]. The van der Waals surface area contributed by atoms with Crippen molar-refractivity contribution in [3.05, 3.63) is 110 Å². The maximum absolute atomic E-state index is 10.8. The van der Waals surface area contributed by atoms with Crippen LogP contribution in [0, 0.1) is 0 Å². The van der Waals surface area contributed by atoms with Gasteiger partial charge in [-0.05, 0) is 25.0 Å². The van der Waals surface area contributed by atoms with Gasteiger partial charge in [-0.2, -0.15) is 0 Å². The average molecular weight is 650 g/mol. The van der Waals surface area contributed by atoms with Crippen molar-refractivity contribution in [1.82, 2.24) is 9.13 Å². The molecule has 0 N–H and O–H groups in total. The number of benzene rings is 1. The number of carbonyl (C=O) groups excluding carboxylic acids is 2. The molecular formula is C28H34Br2N4O4. The van der Waals surface area contributed by atoms with Gasteiger partial charge in [0.25, 0.3) is 0 Å². The van der Waals surface area contributed by atoms with Crippen molar-refractivity contribution in [3.8, 4) is 0 Å². The number of rotatable bonds is 11. The summed E-state index contributed by atoms with van der Waals surface area (Å²) < 4.78 is 17.5. The molecule has 0 fully saturated rings. The first-order chi connectivity index (χ1) is 17.2. The molecule has 2 aromatic heterocycles. The highest BCUT2D eigenvalue weighted by Crippen LogP contribution is 2.04. The molecule has 0 aliphatic heterocycles. The van der Waals surface area contributed by atoms with Gasteiger partial charge in [0.1, 0.15) is 51.1 Å². The monoisotopic (exact) mass is 648 g/mol. The lowest BCUT2D eigenvalue weighted by atomic mass is 10.1. The first-order valence-electron chi connectivity index (χ1n) is 11.3. The minimum absolute atomic E-state index is 0. The van der Waals surface area contributed by atoms with E-state index < -0.39 is 11.9 Å². The van der Waals surface area contributed by atoms with E-state index >= 15 is 0 Å². The van der Waals surface area contributed by atoms with Crippen molar-refractivity contribution in [2.45, 2.75) is 26.9 Å². The summed E-state index contributed by atoms with van der Waals surface area (Å²) in [5.74, 6) is -0.979. The van der Waals surface area contributed by atoms with E-state index in [9.17, 15) is 9.59 Å². The molecule has 0 aliphatic carbocycles. The number of carbonyl (C=O) groups is 2. The Kier molecular flexibility index (Phi) is 16.2. The van der Waals surface area contributed by atoms with Crippen molar-refractivity contribution >= 4 is 24.3 Å². The van der Waals surface area contributed by atoms with Gasteiger partial charge < -0.3 is 43.4 Å². The molecular weight excluding hydrogens is 616 g/mol. The molecule has 0 amide bonds. The van der Waals surface area contributed by atoms with Gasteiger partial charge in [0.2, 0.25) is 12.7 Å². The summed E-state index contributed by atoms with van der Waals surface area (Å²) in [4.78, 5) is 21.7. The maximum atomic E-state index is 10.8. The average Bonchev–Trinajstić information content (AvgIpc) is 3.52. The number of ether oxygens (including phenoxy) is 2. The van der Waals surface area contributed by atoms with E-state index in [-0.39, 0.29) is 47.2 Å². The van der Waals surface area contributed by atoms with Crippen molar-refractivity contribution in [2.75, 3.05) is 13.2 Å². The van der Waals surface area contributed by atoms with Crippen molar-refractivity contribution in [2.24, 2.45) is 0 Å². The zero-order valence-electron chi connectivity index (χ0n) is 21.8. The molecule has 38 heavy (non-hydrogen) atoms. The lowest BCUT2D eigenvalue weighted by Gasteiger charge is -2.05. The Morgan fingerprint density at radius 1 is 0.763 bits per heavy atom. The Balaban J connectivity index is 0.000000755. The number of imidazole rings is 2. The second-order valence-electron chi connectivity index (χ2n) is 8.08. The van der Waals surface area contributed by atoms with E-state index in [1.54, 1.807) is 26.2 Å². The Bertz CT molecular complexity index is 1130. The molecule has 0 aliphatic rings. The third-order valence-corrected chi connectivity index (χ3v) is 4.85. The fourth-order valence-corrected chi connectivity index (χ4v) is 2.91. The summed E-state index contributed by atoms with van der Waals surface area (Å²) in [6, 6.07) is 8.72. The summed E-state index contributed by atoms with van der Waals surface area (Å²) >= 11 is 0. The lowest BCUT2D eigenvalue weighted by molar-refractivity contribution is -0.688. The molecule has 204 valence electrons. The van der Waals surface area contributed by atoms with Crippen LogP contribution in [-0.4, -0.2) is 34.3 Å².